The zero-order valence-electron chi connectivity index (χ0n) is 15.5. The third-order valence-corrected chi connectivity index (χ3v) is 5.33. The second-order valence-corrected chi connectivity index (χ2v) is 7.42. The quantitative estimate of drug-likeness (QED) is 0.647. The topological polar surface area (TPSA) is 106 Å². The molecule has 0 aliphatic carbocycles. The molecule has 9 heteroatoms. The van der Waals surface area contributed by atoms with Crippen LogP contribution in [0.3, 0.4) is 0 Å². The van der Waals surface area contributed by atoms with Crippen molar-refractivity contribution >= 4 is 34.3 Å². The average molecular weight is 401 g/mol. The van der Waals surface area contributed by atoms with Crippen LogP contribution >= 0.6 is 11.8 Å². The van der Waals surface area contributed by atoms with Gasteiger partial charge in [0.1, 0.15) is 11.1 Å². The van der Waals surface area contributed by atoms with E-state index in [1.807, 2.05) is 18.2 Å². The van der Waals surface area contributed by atoms with Crippen molar-refractivity contribution in [3.05, 3.63) is 40.0 Å². The van der Waals surface area contributed by atoms with Crippen LogP contribution in [0.5, 0.6) is 11.5 Å². The Morgan fingerprint density at radius 1 is 1.21 bits per heavy atom. The maximum atomic E-state index is 12.4. The van der Waals surface area contributed by atoms with Crippen LogP contribution in [0, 0.1) is 13.8 Å². The molecule has 2 N–H and O–H groups in total. The number of nitrogens with one attached hydrogen (secondary N) is 2. The normalized spacial score (nSPS) is 13.4. The highest BCUT2D eigenvalue weighted by Crippen LogP contribution is 2.34. The van der Waals surface area contributed by atoms with Gasteiger partial charge in [0.15, 0.2) is 11.5 Å². The van der Waals surface area contributed by atoms with Crippen molar-refractivity contribution in [3.8, 4) is 11.5 Å². The number of fused-ring (bicyclic) bond motifs is 2. The Balaban J connectivity index is 1.47. The Bertz CT molecular complexity index is 1100. The molecule has 2 aromatic heterocycles. The minimum atomic E-state index is -0.400. The fraction of sp³-hybridized carbons (Fsp3) is 0.316. The van der Waals surface area contributed by atoms with Gasteiger partial charge in [-0.25, -0.2) is 5.10 Å². The smallest absolute Gasteiger partial charge is 0.277 e. The number of anilines is 1. The Hall–Kier alpha value is -2.94. The van der Waals surface area contributed by atoms with Crippen LogP contribution < -0.4 is 20.3 Å². The van der Waals surface area contributed by atoms with Crippen LogP contribution in [0.15, 0.2) is 32.3 Å². The van der Waals surface area contributed by atoms with E-state index in [0.717, 1.165) is 11.3 Å². The zero-order chi connectivity index (χ0) is 19.7. The van der Waals surface area contributed by atoms with Gasteiger partial charge >= 0.3 is 0 Å². The molecule has 3 aromatic rings. The minimum absolute atomic E-state index is 0.142. The van der Waals surface area contributed by atoms with Gasteiger partial charge in [0.2, 0.25) is 11.8 Å². The number of carbonyl (C=O) groups excluding carboxylic acids is 1. The van der Waals surface area contributed by atoms with Crippen LogP contribution in [0.25, 0.3) is 10.8 Å². The number of H-pyrrole nitrogens is 1. The highest BCUT2D eigenvalue weighted by molar-refractivity contribution is 8.00. The maximum Gasteiger partial charge on any atom is 0.277 e. The number of benzene rings is 1. The zero-order valence-corrected chi connectivity index (χ0v) is 16.3. The fourth-order valence-electron chi connectivity index (χ4n) is 3.08. The molecule has 1 aliphatic rings. The van der Waals surface area contributed by atoms with E-state index < -0.39 is 5.56 Å². The highest BCUT2D eigenvalue weighted by Gasteiger charge is 2.19. The van der Waals surface area contributed by atoms with Gasteiger partial charge in [0.25, 0.3) is 5.56 Å². The molecule has 1 amide bonds. The molecule has 0 atom stereocenters. The second-order valence-electron chi connectivity index (χ2n) is 6.37. The van der Waals surface area contributed by atoms with Gasteiger partial charge in [0, 0.05) is 11.3 Å². The number of rotatable bonds is 4. The molecule has 1 aliphatic heterocycles. The molecule has 3 heterocycles. The van der Waals surface area contributed by atoms with Crippen molar-refractivity contribution in [1.29, 1.82) is 0 Å². The van der Waals surface area contributed by atoms with Gasteiger partial charge in [-0.3, -0.25) is 14.9 Å². The molecule has 0 bridgehead atoms. The first-order valence-corrected chi connectivity index (χ1v) is 9.82. The SMILES string of the molecule is Cc1n[nH]c(=O)c2c(NC(=O)CSc3ccc4c(c3)OCCCO4)oc(C)c12. The minimum Gasteiger partial charge on any atom is -0.490 e. The summed E-state index contributed by atoms with van der Waals surface area (Å²) in [7, 11) is 0. The molecule has 146 valence electrons. The van der Waals surface area contributed by atoms with E-state index in [-0.39, 0.29) is 17.5 Å². The predicted molar refractivity (Wildman–Crippen MR) is 106 cm³/mol. The van der Waals surface area contributed by atoms with Crippen LogP contribution in [-0.4, -0.2) is 35.1 Å². The number of aryl methyl sites for hydroxylation is 2. The lowest BCUT2D eigenvalue weighted by Gasteiger charge is -2.09. The molecule has 28 heavy (non-hydrogen) atoms. The second kappa shape index (κ2) is 7.59. The summed E-state index contributed by atoms with van der Waals surface area (Å²) in [6, 6.07) is 5.60. The van der Waals surface area contributed by atoms with Crippen molar-refractivity contribution in [3.63, 3.8) is 0 Å². The molecule has 0 saturated heterocycles. The first-order chi connectivity index (χ1) is 13.5. The van der Waals surface area contributed by atoms with Gasteiger partial charge in [0.05, 0.1) is 30.0 Å². The number of ether oxygens (including phenoxy) is 2. The average Bonchev–Trinajstić information content (AvgIpc) is 2.86. The third-order valence-electron chi connectivity index (χ3n) is 4.34. The molecular formula is C19H19N3O5S. The lowest BCUT2D eigenvalue weighted by atomic mass is 10.2. The molecule has 4 rings (SSSR count). The predicted octanol–water partition coefficient (Wildman–Crippen LogP) is 3.03. The number of carbonyl (C=O) groups is 1. The standard InChI is InChI=1S/C19H19N3O5S/c1-10-16-11(2)27-19(17(16)18(24)22-21-10)20-15(23)9-28-12-4-5-13-14(8-12)26-7-3-6-25-13/h4-5,8H,3,6-7,9H2,1-2H3,(H,20,23)(H,22,24). The number of nitrogens with zero attached hydrogens (tertiary/aromatic N) is 1. The Morgan fingerprint density at radius 2 is 2.00 bits per heavy atom. The van der Waals surface area contributed by atoms with Gasteiger partial charge in [-0.2, -0.15) is 5.10 Å². The maximum absolute atomic E-state index is 12.4. The Kier molecular flexibility index (Phi) is 4.99. The summed E-state index contributed by atoms with van der Waals surface area (Å²) in [5, 5.41) is 9.97. The van der Waals surface area contributed by atoms with Crippen molar-refractivity contribution in [1.82, 2.24) is 10.2 Å². The number of aromatic amines is 1. The first kappa shape index (κ1) is 18.4. The van der Waals surface area contributed by atoms with E-state index in [2.05, 4.69) is 15.5 Å². The molecule has 0 radical (unpaired) electrons. The molecule has 8 nitrogen and oxygen atoms in total. The molecule has 1 aromatic carbocycles. The number of hydrogen-bond donors (Lipinski definition) is 2. The lowest BCUT2D eigenvalue weighted by Crippen LogP contribution is -2.16. The fourth-order valence-corrected chi connectivity index (χ4v) is 3.80. The number of hydrogen-bond acceptors (Lipinski definition) is 7. The molecule has 0 saturated carbocycles. The first-order valence-electron chi connectivity index (χ1n) is 8.83. The number of thioether (sulfide) groups is 1. The molecule has 0 fully saturated rings. The molecular weight excluding hydrogens is 382 g/mol. The Labute approximate surface area is 164 Å². The van der Waals surface area contributed by atoms with Gasteiger partial charge in [-0.05, 0) is 32.0 Å². The summed E-state index contributed by atoms with van der Waals surface area (Å²) in [5.74, 6) is 1.96. The van der Waals surface area contributed by atoms with Crippen molar-refractivity contribution < 1.29 is 18.7 Å². The number of aromatic nitrogens is 2. The van der Waals surface area contributed by atoms with E-state index in [1.165, 1.54) is 11.8 Å². The van der Waals surface area contributed by atoms with Crippen molar-refractivity contribution in [2.24, 2.45) is 0 Å². The van der Waals surface area contributed by atoms with E-state index in [4.69, 9.17) is 13.9 Å². The van der Waals surface area contributed by atoms with Crippen LogP contribution in [-0.2, 0) is 4.79 Å². The molecule has 0 spiro atoms. The van der Waals surface area contributed by atoms with E-state index in [1.54, 1.807) is 13.8 Å². The van der Waals surface area contributed by atoms with E-state index >= 15 is 0 Å². The lowest BCUT2D eigenvalue weighted by molar-refractivity contribution is -0.113. The third kappa shape index (κ3) is 3.57. The van der Waals surface area contributed by atoms with Gasteiger partial charge < -0.3 is 13.9 Å². The number of furan rings is 1. The summed E-state index contributed by atoms with van der Waals surface area (Å²) in [6.07, 6.45) is 0.838. The van der Waals surface area contributed by atoms with Crippen LogP contribution in [0.4, 0.5) is 5.88 Å². The number of amides is 1. The summed E-state index contributed by atoms with van der Waals surface area (Å²) in [5.41, 5.74) is 0.237. The summed E-state index contributed by atoms with van der Waals surface area (Å²) < 4.78 is 16.9. The highest BCUT2D eigenvalue weighted by atomic mass is 32.2. The van der Waals surface area contributed by atoms with E-state index in [9.17, 15) is 9.59 Å². The van der Waals surface area contributed by atoms with Crippen LogP contribution in [0.2, 0.25) is 0 Å². The van der Waals surface area contributed by atoms with Crippen molar-refractivity contribution in [2.45, 2.75) is 25.2 Å². The monoisotopic (exact) mass is 401 g/mol. The van der Waals surface area contributed by atoms with Gasteiger partial charge in [-0.15, -0.1) is 11.8 Å². The van der Waals surface area contributed by atoms with E-state index in [0.29, 0.717) is 46.9 Å². The van der Waals surface area contributed by atoms with Gasteiger partial charge in [-0.1, -0.05) is 0 Å². The van der Waals surface area contributed by atoms with Crippen molar-refractivity contribution in [2.75, 3.05) is 24.3 Å². The summed E-state index contributed by atoms with van der Waals surface area (Å²) in [4.78, 5) is 25.4. The largest absolute Gasteiger partial charge is 0.490 e. The Morgan fingerprint density at radius 3 is 2.82 bits per heavy atom. The summed E-state index contributed by atoms with van der Waals surface area (Å²) >= 11 is 1.36. The summed E-state index contributed by atoms with van der Waals surface area (Å²) in [6.45, 7) is 4.74. The molecule has 0 unspecified atom stereocenters. The van der Waals surface area contributed by atoms with Crippen LogP contribution in [0.1, 0.15) is 17.9 Å².